The van der Waals surface area contributed by atoms with E-state index < -0.39 is 0 Å². The van der Waals surface area contributed by atoms with Gasteiger partial charge in [-0.1, -0.05) is 6.07 Å². The first-order valence-corrected chi connectivity index (χ1v) is 9.19. The smallest absolute Gasteiger partial charge is 0.191 e. The molecule has 25 heavy (non-hydrogen) atoms. The van der Waals surface area contributed by atoms with E-state index in [-0.39, 0.29) is 5.82 Å². The fourth-order valence-corrected chi connectivity index (χ4v) is 2.95. The van der Waals surface area contributed by atoms with Gasteiger partial charge >= 0.3 is 0 Å². The number of nitrogens with one attached hydrogen (secondary N) is 2. The summed E-state index contributed by atoms with van der Waals surface area (Å²) in [7, 11) is 0. The predicted molar refractivity (Wildman–Crippen MR) is 101 cm³/mol. The molecule has 6 heteroatoms. The number of benzene rings is 1. The third-order valence-corrected chi connectivity index (χ3v) is 4.52. The maximum Gasteiger partial charge on any atom is 0.191 e. The molecule has 1 aliphatic rings. The van der Waals surface area contributed by atoms with Crippen LogP contribution in [0.2, 0.25) is 0 Å². The highest BCUT2D eigenvalue weighted by Gasteiger charge is 2.16. The number of rotatable bonds is 7. The third kappa shape index (κ3) is 6.63. The second kappa shape index (κ2) is 10.4. The molecular formula is C19H31FN4O. The Bertz CT molecular complexity index is 558. The highest BCUT2D eigenvalue weighted by molar-refractivity contribution is 5.79. The average Bonchev–Trinajstić information content (AvgIpc) is 2.62. The van der Waals surface area contributed by atoms with Gasteiger partial charge in [0.1, 0.15) is 5.82 Å². The van der Waals surface area contributed by atoms with Gasteiger partial charge in [-0.2, -0.15) is 0 Å². The first-order chi connectivity index (χ1) is 12.1. The van der Waals surface area contributed by atoms with Crippen molar-refractivity contribution >= 4 is 5.96 Å². The zero-order valence-corrected chi connectivity index (χ0v) is 15.6. The van der Waals surface area contributed by atoms with Crippen LogP contribution < -0.4 is 10.6 Å². The fourth-order valence-electron chi connectivity index (χ4n) is 2.95. The minimum absolute atomic E-state index is 0.179. The fraction of sp³-hybridized carbons (Fsp3) is 0.632. The lowest BCUT2D eigenvalue weighted by Crippen LogP contribution is -2.44. The van der Waals surface area contributed by atoms with Crippen LogP contribution in [-0.4, -0.2) is 62.8 Å². The Morgan fingerprint density at radius 2 is 2.08 bits per heavy atom. The molecule has 0 bridgehead atoms. The van der Waals surface area contributed by atoms with E-state index in [2.05, 4.69) is 29.4 Å². The number of aryl methyl sites for hydroxylation is 1. The topological polar surface area (TPSA) is 48.9 Å². The van der Waals surface area contributed by atoms with Crippen LogP contribution in [0.3, 0.4) is 0 Å². The van der Waals surface area contributed by atoms with Crippen molar-refractivity contribution in [2.24, 2.45) is 4.99 Å². The number of morpholine rings is 1. The molecule has 140 valence electrons. The van der Waals surface area contributed by atoms with E-state index in [0.717, 1.165) is 69.4 Å². The van der Waals surface area contributed by atoms with E-state index in [1.165, 1.54) is 6.07 Å². The van der Waals surface area contributed by atoms with Crippen LogP contribution in [0.15, 0.2) is 23.2 Å². The van der Waals surface area contributed by atoms with E-state index in [1.54, 1.807) is 6.07 Å². The molecule has 5 nitrogen and oxygen atoms in total. The van der Waals surface area contributed by atoms with Crippen molar-refractivity contribution in [2.45, 2.75) is 33.2 Å². The largest absolute Gasteiger partial charge is 0.379 e. The van der Waals surface area contributed by atoms with Crippen molar-refractivity contribution in [3.05, 3.63) is 35.1 Å². The van der Waals surface area contributed by atoms with Crippen molar-refractivity contribution in [1.82, 2.24) is 15.5 Å². The summed E-state index contributed by atoms with van der Waals surface area (Å²) < 4.78 is 18.6. The number of hydrogen-bond donors (Lipinski definition) is 2. The molecule has 1 aromatic carbocycles. The number of hydrogen-bond acceptors (Lipinski definition) is 3. The van der Waals surface area contributed by atoms with E-state index in [0.29, 0.717) is 6.04 Å². The van der Waals surface area contributed by atoms with Gasteiger partial charge in [0, 0.05) is 32.2 Å². The SMILES string of the molecule is CCNC(=NCC(C)N1CCOCC1)NCCc1ccc(F)cc1C. The Balaban J connectivity index is 1.82. The van der Waals surface area contributed by atoms with Crippen LogP contribution >= 0.6 is 0 Å². The monoisotopic (exact) mass is 350 g/mol. The quantitative estimate of drug-likeness (QED) is 0.583. The van der Waals surface area contributed by atoms with Gasteiger partial charge in [0.25, 0.3) is 0 Å². The van der Waals surface area contributed by atoms with Gasteiger partial charge in [-0.25, -0.2) is 4.39 Å². The molecular weight excluding hydrogens is 319 g/mol. The van der Waals surface area contributed by atoms with E-state index >= 15 is 0 Å². The summed E-state index contributed by atoms with van der Waals surface area (Å²) in [6, 6.07) is 5.36. The molecule has 1 fully saturated rings. The lowest BCUT2D eigenvalue weighted by molar-refractivity contribution is 0.0220. The summed E-state index contributed by atoms with van der Waals surface area (Å²) in [6.07, 6.45) is 0.843. The van der Waals surface area contributed by atoms with Crippen LogP contribution in [0, 0.1) is 12.7 Å². The molecule has 1 aromatic rings. The number of ether oxygens (including phenoxy) is 1. The third-order valence-electron chi connectivity index (χ3n) is 4.52. The molecule has 0 aromatic heterocycles. The van der Waals surface area contributed by atoms with Gasteiger partial charge in [-0.05, 0) is 50.5 Å². The molecule has 1 unspecified atom stereocenters. The highest BCUT2D eigenvalue weighted by Crippen LogP contribution is 2.10. The molecule has 0 saturated carbocycles. The van der Waals surface area contributed by atoms with Gasteiger partial charge in [0.15, 0.2) is 5.96 Å². The average molecular weight is 350 g/mol. The molecule has 0 radical (unpaired) electrons. The van der Waals surface area contributed by atoms with Crippen LogP contribution in [0.5, 0.6) is 0 Å². The maximum absolute atomic E-state index is 13.2. The molecule has 1 heterocycles. The highest BCUT2D eigenvalue weighted by atomic mass is 19.1. The first kappa shape index (κ1) is 19.7. The molecule has 2 rings (SSSR count). The van der Waals surface area contributed by atoms with E-state index in [9.17, 15) is 4.39 Å². The summed E-state index contributed by atoms with van der Waals surface area (Å²) in [6.45, 7) is 12.1. The summed E-state index contributed by atoms with van der Waals surface area (Å²) in [5.74, 6) is 0.656. The molecule has 0 amide bonds. The Morgan fingerprint density at radius 3 is 2.76 bits per heavy atom. The second-order valence-corrected chi connectivity index (χ2v) is 6.46. The zero-order chi connectivity index (χ0) is 18.1. The zero-order valence-electron chi connectivity index (χ0n) is 15.6. The number of halogens is 1. The maximum atomic E-state index is 13.2. The van der Waals surface area contributed by atoms with Crippen LogP contribution in [0.4, 0.5) is 4.39 Å². The molecule has 1 saturated heterocycles. The number of guanidine groups is 1. The molecule has 1 aliphatic heterocycles. The number of aliphatic imine (C=N–C) groups is 1. The minimum atomic E-state index is -0.179. The summed E-state index contributed by atoms with van der Waals surface area (Å²) in [4.78, 5) is 7.12. The van der Waals surface area contributed by atoms with Crippen molar-refractivity contribution in [3.8, 4) is 0 Å². The normalized spacial score (nSPS) is 17.4. The lowest BCUT2D eigenvalue weighted by Gasteiger charge is -2.31. The lowest BCUT2D eigenvalue weighted by atomic mass is 10.1. The predicted octanol–water partition coefficient (Wildman–Crippen LogP) is 1.95. The molecule has 0 aliphatic carbocycles. The Labute approximate surface area is 150 Å². The Kier molecular flexibility index (Phi) is 8.15. The second-order valence-electron chi connectivity index (χ2n) is 6.46. The first-order valence-electron chi connectivity index (χ1n) is 9.19. The van der Waals surface area contributed by atoms with Gasteiger partial charge in [-0.15, -0.1) is 0 Å². The molecule has 2 N–H and O–H groups in total. The van der Waals surface area contributed by atoms with Crippen LogP contribution in [-0.2, 0) is 11.2 Å². The van der Waals surface area contributed by atoms with Crippen LogP contribution in [0.25, 0.3) is 0 Å². The Morgan fingerprint density at radius 1 is 1.32 bits per heavy atom. The van der Waals surface area contributed by atoms with Crippen molar-refractivity contribution in [1.29, 1.82) is 0 Å². The molecule has 1 atom stereocenters. The summed E-state index contributed by atoms with van der Waals surface area (Å²) in [5.41, 5.74) is 2.15. The van der Waals surface area contributed by atoms with Crippen LogP contribution in [0.1, 0.15) is 25.0 Å². The summed E-state index contributed by atoms with van der Waals surface area (Å²) >= 11 is 0. The number of nitrogens with zero attached hydrogens (tertiary/aromatic N) is 2. The minimum Gasteiger partial charge on any atom is -0.379 e. The van der Waals surface area contributed by atoms with E-state index in [4.69, 9.17) is 9.73 Å². The van der Waals surface area contributed by atoms with Crippen molar-refractivity contribution in [2.75, 3.05) is 45.9 Å². The standard InChI is InChI=1S/C19H31FN4O/c1-4-21-19(23-14-16(3)24-9-11-25-12-10-24)22-8-7-17-5-6-18(20)13-15(17)2/h5-6,13,16H,4,7-12,14H2,1-3H3,(H2,21,22,23). The van der Waals surface area contributed by atoms with Gasteiger partial charge < -0.3 is 15.4 Å². The van der Waals surface area contributed by atoms with Crippen molar-refractivity contribution < 1.29 is 9.13 Å². The van der Waals surface area contributed by atoms with Crippen molar-refractivity contribution in [3.63, 3.8) is 0 Å². The van der Waals surface area contributed by atoms with E-state index in [1.807, 2.05) is 13.0 Å². The van der Waals surface area contributed by atoms with Gasteiger partial charge in [-0.3, -0.25) is 9.89 Å². The van der Waals surface area contributed by atoms with Gasteiger partial charge in [0.05, 0.1) is 19.8 Å². The van der Waals surface area contributed by atoms with Gasteiger partial charge in [0.2, 0.25) is 0 Å². The summed E-state index contributed by atoms with van der Waals surface area (Å²) in [5, 5.41) is 6.66. The Hall–Kier alpha value is -1.66. The molecule has 0 spiro atoms.